The van der Waals surface area contributed by atoms with E-state index in [1.807, 2.05) is 0 Å². The zero-order valence-corrected chi connectivity index (χ0v) is 15.5. The molecule has 0 heterocycles. The molecule has 0 radical (unpaired) electrons. The van der Waals surface area contributed by atoms with Crippen molar-refractivity contribution in [2.75, 3.05) is 6.61 Å². The van der Waals surface area contributed by atoms with E-state index in [4.69, 9.17) is 4.74 Å². The number of hydrogen-bond acceptors (Lipinski definition) is 3. The van der Waals surface area contributed by atoms with Crippen LogP contribution in [0.15, 0.2) is 22.7 Å². The van der Waals surface area contributed by atoms with Gasteiger partial charge in [0.05, 0.1) is 5.56 Å². The van der Waals surface area contributed by atoms with Crippen molar-refractivity contribution >= 4 is 27.8 Å². The van der Waals surface area contributed by atoms with Crippen LogP contribution in [0.3, 0.4) is 0 Å². The first kappa shape index (κ1) is 17.0. The molecule has 0 saturated heterocycles. The summed E-state index contributed by atoms with van der Waals surface area (Å²) in [7, 11) is 0. The van der Waals surface area contributed by atoms with Crippen LogP contribution in [-0.4, -0.2) is 24.0 Å². The summed E-state index contributed by atoms with van der Waals surface area (Å²) in [6, 6.07) is 4.11. The van der Waals surface area contributed by atoms with Crippen LogP contribution in [0.4, 0.5) is 4.39 Å². The normalized spacial score (nSPS) is 32.5. The summed E-state index contributed by atoms with van der Waals surface area (Å²) in [6.45, 7) is -0.365. The maximum absolute atomic E-state index is 13.8. The number of benzene rings is 1. The lowest BCUT2D eigenvalue weighted by atomic mass is 9.53. The van der Waals surface area contributed by atoms with Crippen molar-refractivity contribution in [2.24, 2.45) is 17.8 Å². The van der Waals surface area contributed by atoms with Crippen molar-refractivity contribution in [1.29, 1.82) is 0 Å². The molecule has 4 aliphatic rings. The van der Waals surface area contributed by atoms with E-state index in [0.717, 1.165) is 37.0 Å². The molecule has 4 aliphatic carbocycles. The number of ether oxygens (including phenoxy) is 1. The minimum atomic E-state index is -0.814. The van der Waals surface area contributed by atoms with Crippen LogP contribution in [0.25, 0.3) is 0 Å². The van der Waals surface area contributed by atoms with E-state index in [-0.39, 0.29) is 23.6 Å². The van der Waals surface area contributed by atoms with E-state index in [9.17, 15) is 14.0 Å². The Hall–Kier alpha value is -1.43. The van der Waals surface area contributed by atoms with Crippen LogP contribution in [0.2, 0.25) is 0 Å². The Morgan fingerprint density at radius 2 is 1.76 bits per heavy atom. The Labute approximate surface area is 154 Å². The van der Waals surface area contributed by atoms with Gasteiger partial charge in [-0.1, -0.05) is 15.9 Å². The molecule has 0 aromatic heterocycles. The molecule has 4 saturated carbocycles. The average molecular weight is 410 g/mol. The molecule has 1 amide bonds. The van der Waals surface area contributed by atoms with E-state index < -0.39 is 11.8 Å². The van der Waals surface area contributed by atoms with Gasteiger partial charge in [0.2, 0.25) is 0 Å². The van der Waals surface area contributed by atoms with Gasteiger partial charge in [0, 0.05) is 10.0 Å². The third-order valence-electron chi connectivity index (χ3n) is 5.93. The number of nitrogens with one attached hydrogen (secondary N) is 1. The van der Waals surface area contributed by atoms with Gasteiger partial charge in [-0.15, -0.1) is 0 Å². The maximum Gasteiger partial charge on any atom is 0.341 e. The summed E-state index contributed by atoms with van der Waals surface area (Å²) in [5, 5.41) is 3.14. The highest BCUT2D eigenvalue weighted by atomic mass is 79.9. The Bertz CT molecular complexity index is 685. The Kier molecular flexibility index (Phi) is 4.34. The molecule has 1 aromatic carbocycles. The second-order valence-electron chi connectivity index (χ2n) is 7.95. The number of carbonyl (C=O) groups is 2. The van der Waals surface area contributed by atoms with Crippen molar-refractivity contribution in [3.63, 3.8) is 0 Å². The van der Waals surface area contributed by atoms with E-state index in [2.05, 4.69) is 21.2 Å². The molecule has 0 atom stereocenters. The summed E-state index contributed by atoms with van der Waals surface area (Å²) in [4.78, 5) is 24.3. The van der Waals surface area contributed by atoms with Crippen molar-refractivity contribution in [3.05, 3.63) is 34.1 Å². The molecule has 25 heavy (non-hydrogen) atoms. The molecule has 0 aliphatic heterocycles. The van der Waals surface area contributed by atoms with E-state index in [0.29, 0.717) is 4.47 Å². The monoisotopic (exact) mass is 409 g/mol. The molecule has 134 valence electrons. The molecule has 0 unspecified atom stereocenters. The fourth-order valence-electron chi connectivity index (χ4n) is 5.46. The number of rotatable bonds is 4. The van der Waals surface area contributed by atoms with Gasteiger partial charge >= 0.3 is 5.97 Å². The zero-order chi connectivity index (χ0) is 17.6. The van der Waals surface area contributed by atoms with Gasteiger partial charge in [0.15, 0.2) is 6.61 Å². The van der Waals surface area contributed by atoms with E-state index in [1.54, 1.807) is 6.07 Å². The Balaban J connectivity index is 1.34. The van der Waals surface area contributed by atoms with Crippen molar-refractivity contribution in [1.82, 2.24) is 5.32 Å². The molecule has 4 bridgehead atoms. The summed E-state index contributed by atoms with van der Waals surface area (Å²) in [5.74, 6) is 0.419. The number of amides is 1. The van der Waals surface area contributed by atoms with Gasteiger partial charge < -0.3 is 10.1 Å². The van der Waals surface area contributed by atoms with E-state index >= 15 is 0 Å². The highest BCUT2D eigenvalue weighted by Gasteiger charge is 2.51. The summed E-state index contributed by atoms with van der Waals surface area (Å²) in [5.41, 5.74) is -0.271. The van der Waals surface area contributed by atoms with Crippen molar-refractivity contribution < 1.29 is 18.7 Å². The molecule has 1 N–H and O–H groups in total. The fraction of sp³-hybridized carbons (Fsp3) is 0.579. The van der Waals surface area contributed by atoms with E-state index in [1.165, 1.54) is 31.4 Å². The highest BCUT2D eigenvalue weighted by molar-refractivity contribution is 9.10. The highest BCUT2D eigenvalue weighted by Crippen LogP contribution is 2.55. The smallest absolute Gasteiger partial charge is 0.341 e. The van der Waals surface area contributed by atoms with Gasteiger partial charge in [-0.05, 0) is 74.5 Å². The minimum Gasteiger partial charge on any atom is -0.452 e. The minimum absolute atomic E-state index is 0.110. The summed E-state index contributed by atoms with van der Waals surface area (Å²) < 4.78 is 19.3. The third-order valence-corrected chi connectivity index (χ3v) is 6.42. The predicted molar refractivity (Wildman–Crippen MR) is 93.4 cm³/mol. The second-order valence-corrected chi connectivity index (χ2v) is 8.86. The molecular formula is C19H21BrFNO3. The number of carbonyl (C=O) groups excluding carboxylic acids is 2. The lowest BCUT2D eigenvalue weighted by Gasteiger charge is -2.56. The molecule has 6 heteroatoms. The second kappa shape index (κ2) is 6.38. The van der Waals surface area contributed by atoms with Crippen LogP contribution in [-0.2, 0) is 9.53 Å². The predicted octanol–water partition coefficient (Wildman–Crippen LogP) is 3.83. The van der Waals surface area contributed by atoms with Gasteiger partial charge in [0.25, 0.3) is 5.91 Å². The standard InChI is InChI=1S/C19H21BrFNO3/c20-14-1-2-15(16(21)6-14)18(24)25-10-17(23)22-19-7-11-3-12(8-19)5-13(4-11)9-19/h1-2,6,11-13H,3-5,7-10H2,(H,22,23). The average Bonchev–Trinajstić information content (AvgIpc) is 2.50. The first-order valence-corrected chi connectivity index (χ1v) is 9.65. The molecule has 4 nitrogen and oxygen atoms in total. The quantitative estimate of drug-likeness (QED) is 0.768. The van der Waals surface area contributed by atoms with Gasteiger partial charge in [-0.2, -0.15) is 0 Å². The maximum atomic E-state index is 13.8. The zero-order valence-electron chi connectivity index (χ0n) is 13.9. The lowest BCUT2D eigenvalue weighted by molar-refractivity contribution is -0.130. The lowest BCUT2D eigenvalue weighted by Crippen LogP contribution is -2.60. The van der Waals surface area contributed by atoms with Crippen molar-refractivity contribution in [2.45, 2.75) is 44.1 Å². The first-order chi connectivity index (χ1) is 11.9. The van der Waals surface area contributed by atoms with Crippen LogP contribution in [0.1, 0.15) is 48.9 Å². The molecule has 5 rings (SSSR count). The molecule has 0 spiro atoms. The van der Waals surface area contributed by atoms with Crippen LogP contribution in [0.5, 0.6) is 0 Å². The molecular weight excluding hydrogens is 389 g/mol. The fourth-order valence-corrected chi connectivity index (χ4v) is 5.79. The van der Waals surface area contributed by atoms with Crippen LogP contribution < -0.4 is 5.32 Å². The topological polar surface area (TPSA) is 55.4 Å². The van der Waals surface area contributed by atoms with Gasteiger partial charge in [-0.25, -0.2) is 9.18 Å². The van der Waals surface area contributed by atoms with Gasteiger partial charge in [0.1, 0.15) is 5.82 Å². The van der Waals surface area contributed by atoms with Crippen LogP contribution in [0, 0.1) is 23.6 Å². The molecule has 4 fully saturated rings. The summed E-state index contributed by atoms with van der Waals surface area (Å²) in [6.07, 6.45) is 7.02. The first-order valence-electron chi connectivity index (χ1n) is 8.86. The number of hydrogen-bond donors (Lipinski definition) is 1. The van der Waals surface area contributed by atoms with Crippen molar-refractivity contribution in [3.8, 4) is 0 Å². The Morgan fingerprint density at radius 1 is 1.16 bits per heavy atom. The number of esters is 1. The van der Waals surface area contributed by atoms with Gasteiger partial charge in [-0.3, -0.25) is 4.79 Å². The van der Waals surface area contributed by atoms with Crippen LogP contribution >= 0.6 is 15.9 Å². The third kappa shape index (κ3) is 3.46. The summed E-state index contributed by atoms with van der Waals surface area (Å²) >= 11 is 3.14. The Morgan fingerprint density at radius 3 is 2.32 bits per heavy atom. The SMILES string of the molecule is O=C(COC(=O)c1ccc(Br)cc1F)NC12CC3CC(CC(C3)C1)C2. The largest absolute Gasteiger partial charge is 0.452 e. The number of halogens is 2. The molecule has 1 aromatic rings.